The van der Waals surface area contributed by atoms with Gasteiger partial charge in [-0.05, 0) is 43.0 Å². The van der Waals surface area contributed by atoms with Crippen molar-refractivity contribution in [3.63, 3.8) is 0 Å². The molecule has 1 aliphatic rings. The molecular formula is C16H18N2O. The number of carbonyl (C=O) groups excluding carboxylic acids is 1. The molecule has 2 rings (SSSR count). The maximum Gasteiger partial charge on any atom is 0.323 e. The summed E-state index contributed by atoms with van der Waals surface area (Å²) in [4.78, 5) is 13.4. The molecule has 0 saturated carbocycles. The molecule has 0 fully saturated rings. The summed E-state index contributed by atoms with van der Waals surface area (Å²) in [5.74, 6) is 0. The molecule has 1 aromatic carbocycles. The number of rotatable bonds is 1. The van der Waals surface area contributed by atoms with Crippen molar-refractivity contribution in [2.45, 2.75) is 19.8 Å². The maximum absolute atomic E-state index is 11.8. The lowest BCUT2D eigenvalue weighted by Gasteiger charge is -2.23. The van der Waals surface area contributed by atoms with Crippen molar-refractivity contribution in [2.75, 3.05) is 4.90 Å². The summed E-state index contributed by atoms with van der Waals surface area (Å²) >= 11 is 0. The normalized spacial score (nSPS) is 17.6. The van der Waals surface area contributed by atoms with Crippen molar-refractivity contribution in [2.24, 2.45) is 5.73 Å². The highest BCUT2D eigenvalue weighted by molar-refractivity contribution is 5.96. The number of nitrogens with two attached hydrogens (primary N) is 1. The van der Waals surface area contributed by atoms with E-state index in [1.807, 2.05) is 49.4 Å². The van der Waals surface area contributed by atoms with Crippen LogP contribution in [0.2, 0.25) is 0 Å². The summed E-state index contributed by atoms with van der Waals surface area (Å²) < 4.78 is 0. The van der Waals surface area contributed by atoms with Gasteiger partial charge in [-0.1, -0.05) is 36.9 Å². The number of hydrogen-bond acceptors (Lipinski definition) is 1. The molecule has 2 N–H and O–H groups in total. The highest BCUT2D eigenvalue weighted by Gasteiger charge is 2.24. The van der Waals surface area contributed by atoms with Crippen LogP contribution in [0.4, 0.5) is 10.5 Å². The molecule has 2 amide bonds. The summed E-state index contributed by atoms with van der Waals surface area (Å²) in [5.41, 5.74) is 9.22. The van der Waals surface area contributed by atoms with Crippen LogP contribution >= 0.6 is 0 Å². The average molecular weight is 254 g/mol. The molecule has 0 radical (unpaired) electrons. The predicted molar refractivity (Wildman–Crippen MR) is 78.9 cm³/mol. The SMILES string of the molecule is C=C1CCc2ccccc2N(C(N)=O)/C1=C/C=C\C. The van der Waals surface area contributed by atoms with Gasteiger partial charge in [-0.25, -0.2) is 4.79 Å². The molecule has 0 spiro atoms. The number of benzene rings is 1. The number of anilines is 1. The van der Waals surface area contributed by atoms with Crippen LogP contribution in [0.15, 0.2) is 60.3 Å². The van der Waals surface area contributed by atoms with Crippen LogP contribution in [0.25, 0.3) is 0 Å². The topological polar surface area (TPSA) is 46.3 Å². The second kappa shape index (κ2) is 5.57. The van der Waals surface area contributed by atoms with Gasteiger partial charge >= 0.3 is 6.03 Å². The molecule has 0 atom stereocenters. The van der Waals surface area contributed by atoms with Crippen molar-refractivity contribution >= 4 is 11.7 Å². The number of amides is 2. The van der Waals surface area contributed by atoms with Crippen LogP contribution in [0.3, 0.4) is 0 Å². The van der Waals surface area contributed by atoms with Crippen molar-refractivity contribution in [1.82, 2.24) is 0 Å². The number of aryl methyl sites for hydroxylation is 1. The first-order valence-electron chi connectivity index (χ1n) is 6.33. The molecule has 0 saturated heterocycles. The summed E-state index contributed by atoms with van der Waals surface area (Å²) in [6.07, 6.45) is 7.38. The van der Waals surface area contributed by atoms with E-state index in [-0.39, 0.29) is 0 Å². The standard InChI is InChI=1S/C16H18N2O/c1-3-4-8-14-12(2)10-11-13-7-5-6-9-15(13)18(14)16(17)19/h3-9H,2,10-11H2,1H3,(H2,17,19)/b4-3-,14-8+. The Balaban J connectivity index is 2.60. The van der Waals surface area contributed by atoms with Gasteiger partial charge in [-0.3, -0.25) is 4.90 Å². The third-order valence-corrected chi connectivity index (χ3v) is 3.20. The number of hydrogen-bond donors (Lipinski definition) is 1. The quantitative estimate of drug-likeness (QED) is 0.818. The van der Waals surface area contributed by atoms with Gasteiger partial charge in [-0.2, -0.15) is 0 Å². The van der Waals surface area contributed by atoms with Gasteiger partial charge in [0.05, 0.1) is 11.4 Å². The second-order valence-corrected chi connectivity index (χ2v) is 4.48. The van der Waals surface area contributed by atoms with Crippen molar-refractivity contribution in [3.8, 4) is 0 Å². The summed E-state index contributed by atoms with van der Waals surface area (Å²) in [6.45, 7) is 6.00. The number of para-hydroxylation sites is 1. The first kappa shape index (κ1) is 13.1. The highest BCUT2D eigenvalue weighted by atomic mass is 16.2. The molecule has 0 bridgehead atoms. The van der Waals surface area contributed by atoms with Gasteiger partial charge in [0.15, 0.2) is 0 Å². The molecule has 0 aliphatic carbocycles. The molecule has 3 heteroatoms. The zero-order valence-corrected chi connectivity index (χ0v) is 11.1. The van der Waals surface area contributed by atoms with Crippen LogP contribution in [-0.4, -0.2) is 6.03 Å². The van der Waals surface area contributed by atoms with Gasteiger partial charge in [0.2, 0.25) is 0 Å². The highest BCUT2D eigenvalue weighted by Crippen LogP contribution is 2.33. The molecule has 1 aromatic rings. The number of nitrogens with zero attached hydrogens (tertiary/aromatic N) is 1. The summed E-state index contributed by atoms with van der Waals surface area (Å²) in [6, 6.07) is 7.35. The lowest BCUT2D eigenvalue weighted by molar-refractivity contribution is 0.255. The van der Waals surface area contributed by atoms with Crippen LogP contribution < -0.4 is 10.6 Å². The van der Waals surface area contributed by atoms with E-state index in [9.17, 15) is 4.79 Å². The fourth-order valence-corrected chi connectivity index (χ4v) is 2.26. The van der Waals surface area contributed by atoms with E-state index in [1.165, 1.54) is 0 Å². The van der Waals surface area contributed by atoms with Crippen molar-refractivity contribution < 1.29 is 4.79 Å². The lowest BCUT2D eigenvalue weighted by Crippen LogP contribution is -2.35. The van der Waals surface area contributed by atoms with Crippen LogP contribution in [0, 0.1) is 0 Å². The molecular weight excluding hydrogens is 236 g/mol. The minimum absolute atomic E-state index is 0.480. The van der Waals surface area contributed by atoms with E-state index in [4.69, 9.17) is 5.73 Å². The third-order valence-electron chi connectivity index (χ3n) is 3.20. The molecule has 19 heavy (non-hydrogen) atoms. The number of urea groups is 1. The predicted octanol–water partition coefficient (Wildman–Crippen LogP) is 3.53. The van der Waals surface area contributed by atoms with E-state index < -0.39 is 6.03 Å². The van der Waals surface area contributed by atoms with E-state index in [0.717, 1.165) is 35.4 Å². The van der Waals surface area contributed by atoms with Gasteiger partial charge in [-0.15, -0.1) is 0 Å². The Morgan fingerprint density at radius 2 is 2.11 bits per heavy atom. The smallest absolute Gasteiger partial charge is 0.323 e. The Morgan fingerprint density at radius 1 is 1.37 bits per heavy atom. The molecule has 1 heterocycles. The fourth-order valence-electron chi connectivity index (χ4n) is 2.26. The summed E-state index contributed by atoms with van der Waals surface area (Å²) in [7, 11) is 0. The number of primary amides is 1. The van der Waals surface area contributed by atoms with Gasteiger partial charge in [0.25, 0.3) is 0 Å². The Bertz CT molecular complexity index is 570. The minimum atomic E-state index is -0.480. The third kappa shape index (κ3) is 2.60. The van der Waals surface area contributed by atoms with Crippen molar-refractivity contribution in [1.29, 1.82) is 0 Å². The minimum Gasteiger partial charge on any atom is -0.351 e. The Labute approximate surface area is 113 Å². The number of allylic oxidation sites excluding steroid dienone is 4. The molecule has 98 valence electrons. The molecule has 3 nitrogen and oxygen atoms in total. The Morgan fingerprint density at radius 3 is 2.79 bits per heavy atom. The fraction of sp³-hybridized carbons (Fsp3) is 0.188. The Kier molecular flexibility index (Phi) is 3.85. The monoisotopic (exact) mass is 254 g/mol. The molecule has 0 unspecified atom stereocenters. The average Bonchev–Trinajstić information content (AvgIpc) is 2.54. The van der Waals surface area contributed by atoms with Crippen LogP contribution in [0.5, 0.6) is 0 Å². The maximum atomic E-state index is 11.8. The molecule has 1 aliphatic heterocycles. The van der Waals surface area contributed by atoms with E-state index >= 15 is 0 Å². The van der Waals surface area contributed by atoms with E-state index in [2.05, 4.69) is 6.58 Å². The second-order valence-electron chi connectivity index (χ2n) is 4.48. The first-order valence-corrected chi connectivity index (χ1v) is 6.33. The first-order chi connectivity index (χ1) is 9.15. The lowest BCUT2D eigenvalue weighted by atomic mass is 10.1. The van der Waals surface area contributed by atoms with E-state index in [0.29, 0.717) is 0 Å². The van der Waals surface area contributed by atoms with Crippen LogP contribution in [0.1, 0.15) is 18.9 Å². The van der Waals surface area contributed by atoms with Gasteiger partial charge in [0.1, 0.15) is 0 Å². The number of fused-ring (bicyclic) bond motifs is 1. The largest absolute Gasteiger partial charge is 0.351 e. The Hall–Kier alpha value is -2.29. The summed E-state index contributed by atoms with van der Waals surface area (Å²) in [5, 5.41) is 0. The zero-order chi connectivity index (χ0) is 13.8. The van der Waals surface area contributed by atoms with Crippen molar-refractivity contribution in [3.05, 3.63) is 65.9 Å². The van der Waals surface area contributed by atoms with Gasteiger partial charge in [0, 0.05) is 0 Å². The van der Waals surface area contributed by atoms with E-state index in [1.54, 1.807) is 4.90 Å². The zero-order valence-electron chi connectivity index (χ0n) is 11.1. The molecule has 0 aromatic heterocycles. The number of carbonyl (C=O) groups is 1. The van der Waals surface area contributed by atoms with Crippen LogP contribution in [-0.2, 0) is 6.42 Å². The van der Waals surface area contributed by atoms with Gasteiger partial charge < -0.3 is 5.73 Å².